The van der Waals surface area contributed by atoms with Gasteiger partial charge in [0.25, 0.3) is 0 Å². The van der Waals surface area contributed by atoms with Crippen molar-refractivity contribution in [3.8, 4) is 0 Å². The molecule has 0 aliphatic heterocycles. The highest BCUT2D eigenvalue weighted by atomic mass is 32.1. The maximum Gasteiger partial charge on any atom is 0.147 e. The molecule has 3 rings (SSSR count). The minimum Gasteiger partial charge on any atom is -0.367 e. The molecular formula is C14H20N4S. The van der Waals surface area contributed by atoms with Crippen molar-refractivity contribution >= 4 is 27.4 Å². The molecular weight excluding hydrogens is 256 g/mol. The Morgan fingerprint density at radius 1 is 1.32 bits per heavy atom. The molecule has 1 fully saturated rings. The van der Waals surface area contributed by atoms with E-state index in [-0.39, 0.29) is 5.54 Å². The molecule has 0 aromatic carbocycles. The second kappa shape index (κ2) is 5.06. The van der Waals surface area contributed by atoms with Crippen LogP contribution in [0.1, 0.15) is 37.7 Å². The third-order valence-corrected chi connectivity index (χ3v) is 5.08. The minimum atomic E-state index is -0.0676. The summed E-state index contributed by atoms with van der Waals surface area (Å²) in [7, 11) is 0. The van der Waals surface area contributed by atoms with E-state index in [2.05, 4.69) is 27.6 Å². The fourth-order valence-corrected chi connectivity index (χ4v) is 3.76. The molecule has 5 heteroatoms. The van der Waals surface area contributed by atoms with Crippen LogP contribution in [0.2, 0.25) is 0 Å². The molecule has 0 amide bonds. The quantitative estimate of drug-likeness (QED) is 0.904. The van der Waals surface area contributed by atoms with E-state index in [0.717, 1.165) is 35.4 Å². The van der Waals surface area contributed by atoms with Crippen LogP contribution in [0.3, 0.4) is 0 Å². The Morgan fingerprint density at radius 2 is 2.11 bits per heavy atom. The Balaban J connectivity index is 1.78. The van der Waals surface area contributed by atoms with Gasteiger partial charge in [0.15, 0.2) is 0 Å². The predicted octanol–water partition coefficient (Wildman–Crippen LogP) is 3.07. The molecule has 2 aromatic heterocycles. The number of rotatable bonds is 3. The average molecular weight is 276 g/mol. The molecule has 2 aromatic rings. The van der Waals surface area contributed by atoms with Crippen LogP contribution in [-0.4, -0.2) is 22.1 Å². The number of nitrogens with one attached hydrogen (secondary N) is 1. The number of aryl methyl sites for hydroxylation is 1. The third-order valence-electron chi connectivity index (χ3n) is 3.99. The van der Waals surface area contributed by atoms with Gasteiger partial charge in [-0.25, -0.2) is 9.97 Å². The summed E-state index contributed by atoms with van der Waals surface area (Å²) in [5.41, 5.74) is 8.65. The minimum absolute atomic E-state index is 0.0676. The Hall–Kier alpha value is -1.20. The number of anilines is 1. The number of fused-ring (bicyclic) bond motifs is 1. The molecule has 0 saturated heterocycles. The largest absolute Gasteiger partial charge is 0.367 e. The Morgan fingerprint density at radius 3 is 2.89 bits per heavy atom. The molecule has 2 heterocycles. The zero-order chi connectivity index (χ0) is 13.3. The van der Waals surface area contributed by atoms with Crippen molar-refractivity contribution in [1.82, 2.24) is 9.97 Å². The van der Waals surface area contributed by atoms with Gasteiger partial charge in [0, 0.05) is 12.1 Å². The summed E-state index contributed by atoms with van der Waals surface area (Å²) in [6.07, 6.45) is 7.66. The topological polar surface area (TPSA) is 63.8 Å². The highest BCUT2D eigenvalue weighted by Crippen LogP contribution is 2.30. The lowest BCUT2D eigenvalue weighted by Crippen LogP contribution is -2.47. The molecule has 0 bridgehead atoms. The van der Waals surface area contributed by atoms with Gasteiger partial charge >= 0.3 is 0 Å². The molecule has 19 heavy (non-hydrogen) atoms. The Kier molecular flexibility index (Phi) is 3.41. The van der Waals surface area contributed by atoms with Crippen molar-refractivity contribution in [3.05, 3.63) is 17.3 Å². The fraction of sp³-hybridized carbons (Fsp3) is 0.571. The van der Waals surface area contributed by atoms with Gasteiger partial charge in [-0.15, -0.1) is 11.3 Å². The summed E-state index contributed by atoms with van der Waals surface area (Å²) in [5.74, 6) is 0.929. The van der Waals surface area contributed by atoms with E-state index < -0.39 is 0 Å². The van der Waals surface area contributed by atoms with E-state index in [4.69, 9.17) is 5.73 Å². The fourth-order valence-electron chi connectivity index (χ4n) is 2.79. The second-order valence-electron chi connectivity index (χ2n) is 5.60. The number of nitrogens with zero attached hydrogens (tertiary/aromatic N) is 2. The van der Waals surface area contributed by atoms with E-state index in [1.165, 1.54) is 24.8 Å². The van der Waals surface area contributed by atoms with Crippen molar-refractivity contribution in [1.29, 1.82) is 0 Å². The van der Waals surface area contributed by atoms with Gasteiger partial charge in [-0.1, -0.05) is 19.3 Å². The van der Waals surface area contributed by atoms with E-state index >= 15 is 0 Å². The van der Waals surface area contributed by atoms with E-state index in [0.29, 0.717) is 0 Å². The summed E-state index contributed by atoms with van der Waals surface area (Å²) < 4.78 is 1.14. The van der Waals surface area contributed by atoms with Gasteiger partial charge in [0.05, 0.1) is 10.2 Å². The predicted molar refractivity (Wildman–Crippen MR) is 80.6 cm³/mol. The first-order chi connectivity index (χ1) is 9.18. The second-order valence-corrected chi connectivity index (χ2v) is 6.47. The molecule has 0 spiro atoms. The van der Waals surface area contributed by atoms with Gasteiger partial charge in [0.1, 0.15) is 12.1 Å². The van der Waals surface area contributed by atoms with E-state index in [1.807, 2.05) is 0 Å². The molecule has 0 unspecified atom stereocenters. The van der Waals surface area contributed by atoms with Crippen LogP contribution >= 0.6 is 11.3 Å². The Labute approximate surface area is 117 Å². The molecule has 102 valence electrons. The van der Waals surface area contributed by atoms with Crippen LogP contribution in [0.4, 0.5) is 5.82 Å². The van der Waals surface area contributed by atoms with Crippen LogP contribution in [0, 0.1) is 6.92 Å². The third kappa shape index (κ3) is 2.58. The first-order valence-corrected chi connectivity index (χ1v) is 7.77. The van der Waals surface area contributed by atoms with Crippen LogP contribution in [0.15, 0.2) is 11.7 Å². The van der Waals surface area contributed by atoms with Crippen molar-refractivity contribution in [2.24, 2.45) is 5.73 Å². The van der Waals surface area contributed by atoms with Crippen LogP contribution in [0.5, 0.6) is 0 Å². The molecule has 1 aliphatic rings. The Bertz CT molecular complexity index is 572. The van der Waals surface area contributed by atoms with Gasteiger partial charge in [0.2, 0.25) is 0 Å². The van der Waals surface area contributed by atoms with Gasteiger partial charge in [-0.3, -0.25) is 0 Å². The number of hydrogen-bond donors (Lipinski definition) is 2. The number of hydrogen-bond acceptors (Lipinski definition) is 5. The maximum atomic E-state index is 6.45. The van der Waals surface area contributed by atoms with Crippen molar-refractivity contribution in [3.63, 3.8) is 0 Å². The zero-order valence-electron chi connectivity index (χ0n) is 11.3. The molecule has 0 radical (unpaired) electrons. The van der Waals surface area contributed by atoms with Crippen molar-refractivity contribution in [2.75, 3.05) is 11.9 Å². The molecule has 3 N–H and O–H groups in total. The normalized spacial score (nSPS) is 18.6. The summed E-state index contributed by atoms with van der Waals surface area (Å²) in [6.45, 7) is 2.89. The number of thiophene rings is 1. The maximum absolute atomic E-state index is 6.45. The SMILES string of the molecule is Cc1csc2c(NCC3(N)CCCCC3)ncnc12. The first-order valence-electron chi connectivity index (χ1n) is 6.90. The summed E-state index contributed by atoms with van der Waals surface area (Å²) in [4.78, 5) is 8.71. The highest BCUT2D eigenvalue weighted by Gasteiger charge is 2.27. The molecule has 4 nitrogen and oxygen atoms in total. The number of nitrogens with two attached hydrogens (primary N) is 1. The van der Waals surface area contributed by atoms with Gasteiger partial charge in [-0.2, -0.15) is 0 Å². The first kappa shape index (κ1) is 12.8. The van der Waals surface area contributed by atoms with Crippen LogP contribution < -0.4 is 11.1 Å². The molecule has 0 atom stereocenters. The summed E-state index contributed by atoms with van der Waals surface area (Å²) in [5, 5.41) is 5.57. The highest BCUT2D eigenvalue weighted by molar-refractivity contribution is 7.18. The van der Waals surface area contributed by atoms with Crippen molar-refractivity contribution in [2.45, 2.75) is 44.6 Å². The standard InChI is InChI=1S/C14H20N4S/c1-10-7-19-12-11(10)17-9-18-13(12)16-8-14(15)5-3-2-4-6-14/h7,9H,2-6,8,15H2,1H3,(H,16,17,18). The lowest BCUT2D eigenvalue weighted by Gasteiger charge is -2.33. The number of aromatic nitrogens is 2. The van der Waals surface area contributed by atoms with Crippen LogP contribution in [-0.2, 0) is 0 Å². The summed E-state index contributed by atoms with van der Waals surface area (Å²) >= 11 is 1.70. The lowest BCUT2D eigenvalue weighted by atomic mass is 9.82. The monoisotopic (exact) mass is 276 g/mol. The summed E-state index contributed by atoms with van der Waals surface area (Å²) in [6, 6.07) is 0. The van der Waals surface area contributed by atoms with E-state index in [9.17, 15) is 0 Å². The molecule has 1 aliphatic carbocycles. The van der Waals surface area contributed by atoms with E-state index in [1.54, 1.807) is 17.7 Å². The van der Waals surface area contributed by atoms with Gasteiger partial charge in [-0.05, 0) is 30.7 Å². The average Bonchev–Trinajstić information content (AvgIpc) is 2.80. The lowest BCUT2D eigenvalue weighted by molar-refractivity contribution is 0.311. The van der Waals surface area contributed by atoms with Crippen molar-refractivity contribution < 1.29 is 0 Å². The smallest absolute Gasteiger partial charge is 0.147 e. The molecule has 1 saturated carbocycles. The van der Waals surface area contributed by atoms with Gasteiger partial charge < -0.3 is 11.1 Å². The zero-order valence-corrected chi connectivity index (χ0v) is 12.1. The van der Waals surface area contributed by atoms with Crippen LogP contribution in [0.25, 0.3) is 10.2 Å².